The predicted molar refractivity (Wildman–Crippen MR) is 49.4 cm³/mol. The van der Waals surface area contributed by atoms with E-state index < -0.39 is 0 Å². The Kier molecular flexibility index (Phi) is 1.15. The zero-order chi connectivity index (χ0) is 9.45. The van der Waals surface area contributed by atoms with Crippen LogP contribution in [0, 0.1) is 35.5 Å². The maximum atomic E-state index is 11.6. The van der Waals surface area contributed by atoms with Crippen LogP contribution in [0.4, 0.5) is 0 Å². The molecular weight excluding hydrogens is 176 g/mol. The minimum absolute atomic E-state index is 0.0104. The van der Waals surface area contributed by atoms with Gasteiger partial charge in [0.05, 0.1) is 0 Å². The Bertz CT molecular complexity index is 314. The van der Waals surface area contributed by atoms with Crippen molar-refractivity contribution in [3.05, 3.63) is 0 Å². The van der Waals surface area contributed by atoms with E-state index in [2.05, 4.69) is 0 Å². The van der Waals surface area contributed by atoms with Crippen molar-refractivity contribution < 1.29 is 9.59 Å². The van der Waals surface area contributed by atoms with Crippen LogP contribution < -0.4 is 0 Å². The number of carbonyl (C=O) groups excluding carboxylic acids is 2. The molecule has 4 rings (SSSR count). The van der Waals surface area contributed by atoms with E-state index in [-0.39, 0.29) is 23.4 Å². The highest BCUT2D eigenvalue weighted by molar-refractivity contribution is 6.41. The summed E-state index contributed by atoms with van der Waals surface area (Å²) in [6.07, 6.45) is 4.90. The molecule has 0 aromatic rings. The van der Waals surface area contributed by atoms with Crippen molar-refractivity contribution in [3.63, 3.8) is 0 Å². The van der Waals surface area contributed by atoms with Crippen molar-refractivity contribution >= 4 is 11.6 Å². The summed E-state index contributed by atoms with van der Waals surface area (Å²) in [5, 5.41) is 0. The molecule has 4 fully saturated rings. The minimum Gasteiger partial charge on any atom is -0.291 e. The van der Waals surface area contributed by atoms with Crippen LogP contribution in [-0.4, -0.2) is 11.6 Å². The van der Waals surface area contributed by atoms with Crippen molar-refractivity contribution in [2.24, 2.45) is 35.5 Å². The summed E-state index contributed by atoms with van der Waals surface area (Å²) < 4.78 is 0. The maximum absolute atomic E-state index is 11.6. The van der Waals surface area contributed by atoms with Gasteiger partial charge in [-0.3, -0.25) is 9.59 Å². The van der Waals surface area contributed by atoms with Crippen molar-refractivity contribution in [2.45, 2.75) is 25.7 Å². The standard InChI is InChI=1S/C12H14O2/c13-11-7-4-8(12(11)14)10-6-2-1-5(3-6)9(7)10/h5-10H,1-4H2/t5-,6+,7-,8+,9?,10?. The third-order valence-electron chi connectivity index (χ3n) is 5.40. The van der Waals surface area contributed by atoms with Gasteiger partial charge >= 0.3 is 0 Å². The fourth-order valence-corrected chi connectivity index (χ4v) is 5.09. The van der Waals surface area contributed by atoms with Crippen molar-refractivity contribution in [2.75, 3.05) is 0 Å². The summed E-state index contributed by atoms with van der Waals surface area (Å²) in [5.41, 5.74) is 0. The molecule has 0 aliphatic heterocycles. The van der Waals surface area contributed by atoms with Gasteiger partial charge in [0.2, 0.25) is 11.6 Å². The van der Waals surface area contributed by atoms with Crippen LogP contribution in [0.25, 0.3) is 0 Å². The van der Waals surface area contributed by atoms with Crippen LogP contribution in [0.1, 0.15) is 25.7 Å². The van der Waals surface area contributed by atoms with Gasteiger partial charge in [0.25, 0.3) is 0 Å². The van der Waals surface area contributed by atoms with Crippen LogP contribution >= 0.6 is 0 Å². The molecule has 0 aromatic heterocycles. The molecule has 0 amide bonds. The summed E-state index contributed by atoms with van der Waals surface area (Å²) >= 11 is 0. The van der Waals surface area contributed by atoms with Gasteiger partial charge in [0, 0.05) is 11.8 Å². The summed E-state index contributed by atoms with van der Waals surface area (Å²) in [7, 11) is 0. The lowest BCUT2D eigenvalue weighted by Gasteiger charge is -2.32. The molecular formula is C12H14O2. The highest BCUT2D eigenvalue weighted by atomic mass is 16.2. The first-order valence-electron chi connectivity index (χ1n) is 5.85. The van der Waals surface area contributed by atoms with Gasteiger partial charge in [-0.05, 0) is 49.4 Å². The van der Waals surface area contributed by atoms with Gasteiger partial charge in [-0.2, -0.15) is 0 Å². The van der Waals surface area contributed by atoms with E-state index in [1.807, 2.05) is 0 Å². The van der Waals surface area contributed by atoms with Crippen LogP contribution in [0.5, 0.6) is 0 Å². The third kappa shape index (κ3) is 0.617. The first-order valence-corrected chi connectivity index (χ1v) is 5.85. The lowest BCUT2D eigenvalue weighted by Crippen LogP contribution is -2.38. The van der Waals surface area contributed by atoms with Crippen LogP contribution in [-0.2, 0) is 9.59 Å². The number of ketones is 2. The second-order valence-electron chi connectivity index (χ2n) is 5.67. The fraction of sp³-hybridized carbons (Fsp3) is 0.833. The molecule has 2 unspecified atom stereocenters. The summed E-state index contributed by atoms with van der Waals surface area (Å²) in [4.78, 5) is 23.3. The molecule has 74 valence electrons. The van der Waals surface area contributed by atoms with Gasteiger partial charge in [-0.15, -0.1) is 0 Å². The van der Waals surface area contributed by atoms with E-state index in [0.717, 1.165) is 18.3 Å². The molecule has 2 nitrogen and oxygen atoms in total. The monoisotopic (exact) mass is 190 g/mol. The number of rotatable bonds is 0. The average molecular weight is 190 g/mol. The first-order chi connectivity index (χ1) is 6.77. The summed E-state index contributed by atoms with van der Waals surface area (Å²) in [5.74, 6) is 3.16. The minimum atomic E-state index is -0.0104. The van der Waals surface area contributed by atoms with Gasteiger partial charge in [0.1, 0.15) is 0 Å². The Morgan fingerprint density at radius 2 is 1.29 bits per heavy atom. The molecule has 4 aliphatic carbocycles. The largest absolute Gasteiger partial charge is 0.291 e. The second kappa shape index (κ2) is 2.12. The molecule has 2 heteroatoms. The number of hydrogen-bond acceptors (Lipinski definition) is 2. The number of Topliss-reactive ketones (excluding diaryl/α,β-unsaturated/α-hetero) is 2. The normalized spacial score (nSPS) is 58.6. The molecule has 0 N–H and O–H groups in total. The Balaban J connectivity index is 1.81. The quantitative estimate of drug-likeness (QED) is 0.428. The Hall–Kier alpha value is -0.660. The van der Waals surface area contributed by atoms with E-state index in [9.17, 15) is 9.59 Å². The number of hydrogen-bond donors (Lipinski definition) is 0. The molecule has 6 atom stereocenters. The lowest BCUT2D eigenvalue weighted by molar-refractivity contribution is -0.142. The average Bonchev–Trinajstić information content (AvgIpc) is 2.87. The molecule has 4 bridgehead atoms. The SMILES string of the molecule is O=C1C(=O)[C@@H]2C[C@H]1C1C2[C@@H]2CC[C@H]1C2. The fourth-order valence-electron chi connectivity index (χ4n) is 5.09. The Morgan fingerprint density at radius 1 is 0.786 bits per heavy atom. The highest BCUT2D eigenvalue weighted by Gasteiger charge is 2.65. The summed E-state index contributed by atoms with van der Waals surface area (Å²) in [6, 6.07) is 0. The molecule has 0 aromatic carbocycles. The molecule has 4 saturated carbocycles. The zero-order valence-corrected chi connectivity index (χ0v) is 8.11. The lowest BCUT2D eigenvalue weighted by atomic mass is 9.70. The van der Waals surface area contributed by atoms with E-state index in [1.54, 1.807) is 0 Å². The zero-order valence-electron chi connectivity index (χ0n) is 8.11. The number of fused-ring (bicyclic) bond motifs is 9. The third-order valence-corrected chi connectivity index (χ3v) is 5.40. The van der Waals surface area contributed by atoms with Gasteiger partial charge < -0.3 is 0 Å². The molecule has 0 radical (unpaired) electrons. The molecule has 14 heavy (non-hydrogen) atoms. The van der Waals surface area contributed by atoms with Crippen molar-refractivity contribution in [1.82, 2.24) is 0 Å². The maximum Gasteiger partial charge on any atom is 0.202 e. The van der Waals surface area contributed by atoms with Gasteiger partial charge in [-0.1, -0.05) is 0 Å². The first kappa shape index (κ1) is 7.61. The molecule has 0 spiro atoms. The van der Waals surface area contributed by atoms with E-state index in [1.165, 1.54) is 19.3 Å². The highest BCUT2D eigenvalue weighted by Crippen LogP contribution is 2.65. The van der Waals surface area contributed by atoms with Gasteiger partial charge in [0.15, 0.2) is 0 Å². The Morgan fingerprint density at radius 3 is 1.79 bits per heavy atom. The van der Waals surface area contributed by atoms with Crippen molar-refractivity contribution in [3.8, 4) is 0 Å². The topological polar surface area (TPSA) is 34.1 Å². The van der Waals surface area contributed by atoms with E-state index in [0.29, 0.717) is 11.8 Å². The van der Waals surface area contributed by atoms with Crippen molar-refractivity contribution in [1.29, 1.82) is 0 Å². The second-order valence-corrected chi connectivity index (χ2v) is 5.67. The predicted octanol–water partition coefficient (Wildman–Crippen LogP) is 1.44. The van der Waals surface area contributed by atoms with Gasteiger partial charge in [-0.25, -0.2) is 0 Å². The van der Waals surface area contributed by atoms with Crippen LogP contribution in [0.3, 0.4) is 0 Å². The molecule has 0 saturated heterocycles. The summed E-state index contributed by atoms with van der Waals surface area (Å²) in [6.45, 7) is 0. The molecule has 0 heterocycles. The number of carbonyl (C=O) groups is 2. The Labute approximate surface area is 83.1 Å². The van der Waals surface area contributed by atoms with E-state index >= 15 is 0 Å². The van der Waals surface area contributed by atoms with Crippen LogP contribution in [0.15, 0.2) is 0 Å². The molecule has 4 aliphatic rings. The van der Waals surface area contributed by atoms with Crippen LogP contribution in [0.2, 0.25) is 0 Å². The van der Waals surface area contributed by atoms with E-state index in [4.69, 9.17) is 0 Å². The smallest absolute Gasteiger partial charge is 0.202 e.